The van der Waals surface area contributed by atoms with Gasteiger partial charge in [-0.3, -0.25) is 9.59 Å². The fraction of sp³-hybridized carbons (Fsp3) is 0.100. The Morgan fingerprint density at radius 3 is 2.57 bits per heavy atom. The van der Waals surface area contributed by atoms with Crippen LogP contribution in [-0.4, -0.2) is 25.5 Å². The van der Waals surface area contributed by atoms with Gasteiger partial charge in [0.15, 0.2) is 0 Å². The SMILES string of the molecule is Cc1nn(CC(=O)Nc2ccc(Cl)c(Cl)c2)c(=O)c2c1cnn2-c1ccc(F)cc1. The second-order valence-corrected chi connectivity index (χ2v) is 7.33. The molecule has 30 heavy (non-hydrogen) atoms. The van der Waals surface area contributed by atoms with Gasteiger partial charge >= 0.3 is 0 Å². The Labute approximate surface area is 179 Å². The van der Waals surface area contributed by atoms with Crippen LogP contribution in [0.3, 0.4) is 0 Å². The molecule has 0 aliphatic heterocycles. The number of rotatable bonds is 4. The van der Waals surface area contributed by atoms with Gasteiger partial charge in [0.05, 0.1) is 27.6 Å². The predicted molar refractivity (Wildman–Crippen MR) is 113 cm³/mol. The van der Waals surface area contributed by atoms with Crippen LogP contribution in [0.4, 0.5) is 10.1 Å². The summed E-state index contributed by atoms with van der Waals surface area (Å²) in [6.45, 7) is 1.40. The van der Waals surface area contributed by atoms with Gasteiger partial charge in [0.25, 0.3) is 5.56 Å². The number of halogens is 3. The number of benzene rings is 2. The number of nitrogens with zero attached hydrogens (tertiary/aromatic N) is 4. The Morgan fingerprint density at radius 1 is 1.13 bits per heavy atom. The third kappa shape index (κ3) is 3.79. The minimum Gasteiger partial charge on any atom is -0.324 e. The third-order valence-electron chi connectivity index (χ3n) is 4.43. The molecule has 0 saturated heterocycles. The van der Waals surface area contributed by atoms with Crippen LogP contribution in [0.2, 0.25) is 10.0 Å². The summed E-state index contributed by atoms with van der Waals surface area (Å²) in [5.41, 5.74) is 1.23. The Morgan fingerprint density at radius 2 is 1.87 bits per heavy atom. The second kappa shape index (κ2) is 7.89. The number of hydrogen-bond acceptors (Lipinski definition) is 4. The average Bonchev–Trinajstić information content (AvgIpc) is 3.15. The van der Waals surface area contributed by atoms with Crippen molar-refractivity contribution in [3.63, 3.8) is 0 Å². The molecule has 2 heterocycles. The molecule has 0 saturated carbocycles. The standard InChI is InChI=1S/C20H14Cl2FN5O2/c1-11-15-9-24-28(14-5-2-12(23)3-6-14)19(15)20(30)27(26-11)10-18(29)25-13-4-7-16(21)17(22)8-13/h2-9H,10H2,1H3,(H,25,29). The second-order valence-electron chi connectivity index (χ2n) is 6.52. The van der Waals surface area contributed by atoms with Crippen LogP contribution >= 0.6 is 23.2 Å². The number of fused-ring (bicyclic) bond motifs is 1. The van der Waals surface area contributed by atoms with Gasteiger partial charge in [-0.25, -0.2) is 13.8 Å². The van der Waals surface area contributed by atoms with Gasteiger partial charge in [-0.15, -0.1) is 0 Å². The van der Waals surface area contributed by atoms with E-state index in [1.54, 1.807) is 19.1 Å². The monoisotopic (exact) mass is 445 g/mol. The maximum Gasteiger partial charge on any atom is 0.293 e. The van der Waals surface area contributed by atoms with E-state index in [-0.39, 0.29) is 12.1 Å². The predicted octanol–water partition coefficient (Wildman–Crippen LogP) is 3.98. The largest absolute Gasteiger partial charge is 0.324 e. The lowest BCUT2D eigenvalue weighted by atomic mass is 10.2. The lowest BCUT2D eigenvalue weighted by Crippen LogP contribution is -2.31. The van der Waals surface area contributed by atoms with Gasteiger partial charge in [-0.1, -0.05) is 23.2 Å². The highest BCUT2D eigenvalue weighted by Crippen LogP contribution is 2.25. The van der Waals surface area contributed by atoms with Crippen molar-refractivity contribution in [1.82, 2.24) is 19.6 Å². The summed E-state index contributed by atoms with van der Waals surface area (Å²) in [6, 6.07) is 10.2. The van der Waals surface area contributed by atoms with Crippen molar-refractivity contribution in [3.8, 4) is 5.69 Å². The van der Waals surface area contributed by atoms with Crippen LogP contribution in [0.15, 0.2) is 53.5 Å². The van der Waals surface area contributed by atoms with Crippen LogP contribution < -0.4 is 10.9 Å². The number of anilines is 1. The van der Waals surface area contributed by atoms with Gasteiger partial charge in [-0.2, -0.15) is 10.2 Å². The van der Waals surface area contributed by atoms with E-state index in [0.717, 1.165) is 4.68 Å². The summed E-state index contributed by atoms with van der Waals surface area (Å²) in [4.78, 5) is 25.5. The molecule has 0 fully saturated rings. The highest BCUT2D eigenvalue weighted by atomic mass is 35.5. The van der Waals surface area contributed by atoms with E-state index in [2.05, 4.69) is 15.5 Å². The van der Waals surface area contributed by atoms with Gasteiger partial charge in [0.2, 0.25) is 5.91 Å². The quantitative estimate of drug-likeness (QED) is 0.515. The first kappa shape index (κ1) is 20.1. The summed E-state index contributed by atoms with van der Waals surface area (Å²) in [5, 5.41) is 12.3. The molecule has 0 bridgehead atoms. The molecular formula is C20H14Cl2FN5O2. The molecule has 152 valence electrons. The maximum atomic E-state index is 13.3. The van der Waals surface area contributed by atoms with Crippen LogP contribution in [-0.2, 0) is 11.3 Å². The molecule has 4 rings (SSSR count). The molecule has 2 aromatic heterocycles. The maximum absolute atomic E-state index is 13.3. The zero-order valence-electron chi connectivity index (χ0n) is 15.6. The highest BCUT2D eigenvalue weighted by Gasteiger charge is 2.17. The zero-order valence-corrected chi connectivity index (χ0v) is 17.1. The van der Waals surface area contributed by atoms with Crippen molar-refractivity contribution in [2.45, 2.75) is 13.5 Å². The van der Waals surface area contributed by atoms with Crippen molar-refractivity contribution in [1.29, 1.82) is 0 Å². The molecule has 7 nitrogen and oxygen atoms in total. The molecule has 1 N–H and O–H groups in total. The topological polar surface area (TPSA) is 81.8 Å². The number of carbonyl (C=O) groups is 1. The van der Waals surface area contributed by atoms with Crippen LogP contribution in [0.5, 0.6) is 0 Å². The fourth-order valence-corrected chi connectivity index (χ4v) is 3.32. The van der Waals surface area contributed by atoms with Gasteiger partial charge in [0.1, 0.15) is 17.9 Å². The number of hydrogen-bond donors (Lipinski definition) is 1. The lowest BCUT2D eigenvalue weighted by molar-refractivity contribution is -0.117. The first-order valence-electron chi connectivity index (χ1n) is 8.80. The van der Waals surface area contributed by atoms with E-state index >= 15 is 0 Å². The Balaban J connectivity index is 1.69. The average molecular weight is 446 g/mol. The van der Waals surface area contributed by atoms with Gasteiger partial charge in [0, 0.05) is 11.1 Å². The van der Waals surface area contributed by atoms with E-state index in [4.69, 9.17) is 23.2 Å². The molecule has 0 spiro atoms. The Kier molecular flexibility index (Phi) is 5.27. The number of aromatic nitrogens is 4. The summed E-state index contributed by atoms with van der Waals surface area (Å²) in [5.74, 6) is -0.862. The minimum atomic E-state index is -0.498. The summed E-state index contributed by atoms with van der Waals surface area (Å²) >= 11 is 11.8. The van der Waals surface area contributed by atoms with Gasteiger partial charge in [-0.05, 0) is 49.4 Å². The van der Waals surface area contributed by atoms with Crippen molar-refractivity contribution >= 4 is 45.7 Å². The number of nitrogens with one attached hydrogen (secondary N) is 1. The Bertz CT molecular complexity index is 1330. The summed E-state index contributed by atoms with van der Waals surface area (Å²) in [6.07, 6.45) is 1.52. The molecule has 1 amide bonds. The van der Waals surface area contributed by atoms with Crippen molar-refractivity contribution in [3.05, 3.63) is 80.6 Å². The van der Waals surface area contributed by atoms with E-state index in [9.17, 15) is 14.0 Å². The number of aryl methyl sites for hydroxylation is 1. The summed E-state index contributed by atoms with van der Waals surface area (Å²) in [7, 11) is 0. The lowest BCUT2D eigenvalue weighted by Gasteiger charge is -2.10. The zero-order chi connectivity index (χ0) is 21.4. The number of carbonyl (C=O) groups excluding carboxylic acids is 1. The third-order valence-corrected chi connectivity index (χ3v) is 5.17. The van der Waals surface area contributed by atoms with Crippen molar-refractivity contribution in [2.24, 2.45) is 0 Å². The molecule has 0 atom stereocenters. The first-order valence-corrected chi connectivity index (χ1v) is 9.55. The molecular weight excluding hydrogens is 432 g/mol. The highest BCUT2D eigenvalue weighted by molar-refractivity contribution is 6.42. The normalized spacial score (nSPS) is 11.1. The molecule has 2 aromatic carbocycles. The molecule has 0 aliphatic carbocycles. The molecule has 4 aromatic rings. The fourth-order valence-electron chi connectivity index (χ4n) is 3.02. The van der Waals surface area contributed by atoms with Crippen molar-refractivity contribution < 1.29 is 9.18 Å². The van der Waals surface area contributed by atoms with Crippen LogP contribution in [0.25, 0.3) is 16.6 Å². The number of amides is 1. The van der Waals surface area contributed by atoms with E-state index in [1.165, 1.54) is 41.2 Å². The first-order chi connectivity index (χ1) is 14.3. The van der Waals surface area contributed by atoms with Gasteiger partial charge < -0.3 is 5.32 Å². The van der Waals surface area contributed by atoms with Crippen LogP contribution in [0, 0.1) is 12.7 Å². The Hall–Kier alpha value is -3.23. The summed E-state index contributed by atoms with van der Waals surface area (Å²) < 4.78 is 15.7. The van der Waals surface area contributed by atoms with E-state index < -0.39 is 17.3 Å². The molecule has 10 heteroatoms. The molecule has 0 unspecified atom stereocenters. The molecule has 0 aliphatic rings. The van der Waals surface area contributed by atoms with Crippen molar-refractivity contribution in [2.75, 3.05) is 5.32 Å². The smallest absolute Gasteiger partial charge is 0.293 e. The minimum absolute atomic E-state index is 0.247. The molecule has 0 radical (unpaired) electrons. The van der Waals surface area contributed by atoms with E-state index in [1.807, 2.05) is 0 Å². The van der Waals surface area contributed by atoms with E-state index in [0.29, 0.717) is 32.5 Å². The van der Waals surface area contributed by atoms with Crippen LogP contribution in [0.1, 0.15) is 5.69 Å².